The molecule has 1 rings (SSSR count). The van der Waals surface area contributed by atoms with E-state index in [2.05, 4.69) is 0 Å². The number of ketones is 1. The molecule has 0 aliphatic heterocycles. The van der Waals surface area contributed by atoms with E-state index in [-0.39, 0.29) is 0 Å². The van der Waals surface area contributed by atoms with Gasteiger partial charge in [-0.25, -0.2) is 0 Å². The van der Waals surface area contributed by atoms with E-state index in [9.17, 15) is 4.79 Å². The number of hydrogen-bond acceptors (Lipinski definition) is 1. The molecule has 0 atom stereocenters. The highest BCUT2D eigenvalue weighted by molar-refractivity contribution is 5.96. The standard InChI is InChI=1S/C8H12O/c1-2-4-8(9)7-5-3-6-7/h5H,2-4,6H2,1H3. The van der Waals surface area contributed by atoms with Crippen LogP contribution in [0.2, 0.25) is 0 Å². The fourth-order valence-electron chi connectivity index (χ4n) is 0.930. The third kappa shape index (κ3) is 1.41. The zero-order valence-corrected chi connectivity index (χ0v) is 5.81. The molecule has 0 unspecified atom stereocenters. The molecule has 1 heteroatoms. The van der Waals surface area contributed by atoms with Crippen LogP contribution in [-0.2, 0) is 4.79 Å². The van der Waals surface area contributed by atoms with Gasteiger partial charge in [-0.1, -0.05) is 13.0 Å². The van der Waals surface area contributed by atoms with Gasteiger partial charge in [-0.05, 0) is 24.8 Å². The SMILES string of the molecule is CCCC(=O)C1=CCC1. The maximum absolute atomic E-state index is 11.0. The second-order valence-electron chi connectivity index (χ2n) is 2.44. The topological polar surface area (TPSA) is 17.1 Å². The van der Waals surface area contributed by atoms with E-state index in [0.717, 1.165) is 31.3 Å². The monoisotopic (exact) mass is 124 g/mol. The Bertz CT molecular complexity index is 145. The maximum Gasteiger partial charge on any atom is 0.158 e. The molecule has 0 aromatic rings. The lowest BCUT2D eigenvalue weighted by molar-refractivity contribution is -0.116. The van der Waals surface area contributed by atoms with E-state index in [1.165, 1.54) is 0 Å². The van der Waals surface area contributed by atoms with Gasteiger partial charge in [-0.15, -0.1) is 0 Å². The fraction of sp³-hybridized carbons (Fsp3) is 0.625. The first kappa shape index (κ1) is 6.53. The van der Waals surface area contributed by atoms with Crippen molar-refractivity contribution in [3.05, 3.63) is 11.6 Å². The van der Waals surface area contributed by atoms with Crippen molar-refractivity contribution in [2.75, 3.05) is 0 Å². The fourth-order valence-corrected chi connectivity index (χ4v) is 0.930. The maximum atomic E-state index is 11.0. The number of Topliss-reactive ketones (excluding diaryl/α,β-unsaturated/α-hetero) is 1. The summed E-state index contributed by atoms with van der Waals surface area (Å²) in [5.41, 5.74) is 1.07. The molecule has 0 aromatic heterocycles. The first-order valence-corrected chi connectivity index (χ1v) is 3.57. The van der Waals surface area contributed by atoms with Crippen molar-refractivity contribution in [3.8, 4) is 0 Å². The highest BCUT2D eigenvalue weighted by Crippen LogP contribution is 2.20. The molecule has 0 radical (unpaired) electrons. The summed E-state index contributed by atoms with van der Waals surface area (Å²) in [6, 6.07) is 0. The minimum atomic E-state index is 0.365. The quantitative estimate of drug-likeness (QED) is 0.563. The molecule has 0 spiro atoms. The largest absolute Gasteiger partial charge is 0.295 e. The Morgan fingerprint density at radius 1 is 1.78 bits per heavy atom. The molecule has 0 aromatic carbocycles. The van der Waals surface area contributed by atoms with Crippen molar-refractivity contribution < 1.29 is 4.79 Å². The van der Waals surface area contributed by atoms with Gasteiger partial charge in [0.2, 0.25) is 0 Å². The molecule has 0 saturated heterocycles. The third-order valence-electron chi connectivity index (χ3n) is 1.64. The van der Waals surface area contributed by atoms with E-state index in [0.29, 0.717) is 5.78 Å². The van der Waals surface area contributed by atoms with E-state index in [1.54, 1.807) is 0 Å². The Hall–Kier alpha value is -0.590. The number of rotatable bonds is 3. The molecule has 0 fully saturated rings. The summed E-state index contributed by atoms with van der Waals surface area (Å²) in [6.45, 7) is 2.04. The Balaban J connectivity index is 2.33. The van der Waals surface area contributed by atoms with Crippen molar-refractivity contribution in [1.82, 2.24) is 0 Å². The second-order valence-corrected chi connectivity index (χ2v) is 2.44. The van der Waals surface area contributed by atoms with Crippen LogP contribution < -0.4 is 0 Å². The van der Waals surface area contributed by atoms with Crippen LogP contribution in [0.5, 0.6) is 0 Å². The molecule has 0 bridgehead atoms. The van der Waals surface area contributed by atoms with Crippen LogP contribution in [0.25, 0.3) is 0 Å². The summed E-state index contributed by atoms with van der Waals surface area (Å²) in [4.78, 5) is 11.0. The lowest BCUT2D eigenvalue weighted by atomic mass is 9.93. The second kappa shape index (κ2) is 2.81. The summed E-state index contributed by atoms with van der Waals surface area (Å²) in [5.74, 6) is 0.365. The van der Waals surface area contributed by atoms with Gasteiger partial charge >= 0.3 is 0 Å². The summed E-state index contributed by atoms with van der Waals surface area (Å²) in [6.07, 6.45) is 5.91. The highest BCUT2D eigenvalue weighted by Gasteiger charge is 2.12. The van der Waals surface area contributed by atoms with Gasteiger partial charge in [0.05, 0.1) is 0 Å². The number of carbonyl (C=O) groups is 1. The number of hydrogen-bond donors (Lipinski definition) is 0. The van der Waals surface area contributed by atoms with Crippen LogP contribution in [0.4, 0.5) is 0 Å². The minimum Gasteiger partial charge on any atom is -0.295 e. The van der Waals surface area contributed by atoms with E-state index in [1.807, 2.05) is 13.0 Å². The smallest absolute Gasteiger partial charge is 0.158 e. The van der Waals surface area contributed by atoms with Crippen molar-refractivity contribution in [2.45, 2.75) is 32.6 Å². The average Bonchev–Trinajstić information content (AvgIpc) is 1.60. The molecule has 9 heavy (non-hydrogen) atoms. The first-order valence-electron chi connectivity index (χ1n) is 3.57. The van der Waals surface area contributed by atoms with Crippen LogP contribution in [0, 0.1) is 0 Å². The van der Waals surface area contributed by atoms with E-state index in [4.69, 9.17) is 0 Å². The molecule has 50 valence electrons. The summed E-state index contributed by atoms with van der Waals surface area (Å²) in [5, 5.41) is 0. The highest BCUT2D eigenvalue weighted by atomic mass is 16.1. The molecule has 0 heterocycles. The van der Waals surface area contributed by atoms with Crippen LogP contribution in [0.1, 0.15) is 32.6 Å². The average molecular weight is 124 g/mol. The van der Waals surface area contributed by atoms with Gasteiger partial charge in [0.1, 0.15) is 0 Å². The minimum absolute atomic E-state index is 0.365. The van der Waals surface area contributed by atoms with Crippen LogP contribution in [0.15, 0.2) is 11.6 Å². The Kier molecular flexibility index (Phi) is 2.04. The summed E-state index contributed by atoms with van der Waals surface area (Å²) in [7, 11) is 0. The molecule has 1 aliphatic rings. The molecule has 0 saturated carbocycles. The van der Waals surface area contributed by atoms with Crippen LogP contribution >= 0.6 is 0 Å². The zero-order valence-electron chi connectivity index (χ0n) is 5.81. The Morgan fingerprint density at radius 3 is 2.78 bits per heavy atom. The lowest BCUT2D eigenvalue weighted by Gasteiger charge is -2.11. The molecule has 0 amide bonds. The van der Waals surface area contributed by atoms with E-state index >= 15 is 0 Å². The van der Waals surface area contributed by atoms with Gasteiger partial charge in [0, 0.05) is 6.42 Å². The number of allylic oxidation sites excluding steroid dienone is 2. The number of carbonyl (C=O) groups excluding carboxylic acids is 1. The van der Waals surface area contributed by atoms with Crippen molar-refractivity contribution >= 4 is 5.78 Å². The molecular weight excluding hydrogens is 112 g/mol. The normalized spacial score (nSPS) is 16.3. The molecule has 0 N–H and O–H groups in total. The van der Waals surface area contributed by atoms with Crippen LogP contribution in [0.3, 0.4) is 0 Å². The first-order chi connectivity index (χ1) is 4.34. The van der Waals surface area contributed by atoms with Gasteiger partial charge in [0.25, 0.3) is 0 Å². The Morgan fingerprint density at radius 2 is 2.44 bits per heavy atom. The van der Waals surface area contributed by atoms with Gasteiger partial charge in [-0.2, -0.15) is 0 Å². The van der Waals surface area contributed by atoms with Gasteiger partial charge in [-0.3, -0.25) is 4.79 Å². The van der Waals surface area contributed by atoms with E-state index < -0.39 is 0 Å². The van der Waals surface area contributed by atoms with Crippen LogP contribution in [-0.4, -0.2) is 5.78 Å². The third-order valence-corrected chi connectivity index (χ3v) is 1.64. The zero-order chi connectivity index (χ0) is 6.69. The van der Waals surface area contributed by atoms with Crippen molar-refractivity contribution in [1.29, 1.82) is 0 Å². The molecular formula is C8H12O. The van der Waals surface area contributed by atoms with Gasteiger partial charge < -0.3 is 0 Å². The molecule has 1 aliphatic carbocycles. The van der Waals surface area contributed by atoms with Gasteiger partial charge in [0.15, 0.2) is 5.78 Å². The summed E-state index contributed by atoms with van der Waals surface area (Å²) < 4.78 is 0. The van der Waals surface area contributed by atoms with Crippen molar-refractivity contribution in [3.63, 3.8) is 0 Å². The Labute approximate surface area is 55.8 Å². The lowest BCUT2D eigenvalue weighted by Crippen LogP contribution is -2.07. The molecule has 1 nitrogen and oxygen atoms in total. The van der Waals surface area contributed by atoms with Crippen molar-refractivity contribution in [2.24, 2.45) is 0 Å². The predicted octanol–water partition coefficient (Wildman–Crippen LogP) is 2.08. The summed E-state index contributed by atoms with van der Waals surface area (Å²) >= 11 is 0. The predicted molar refractivity (Wildman–Crippen MR) is 37.2 cm³/mol.